The number of rotatable bonds is 14. The van der Waals surface area contributed by atoms with Gasteiger partial charge in [0.1, 0.15) is 0 Å². The van der Waals surface area contributed by atoms with Gasteiger partial charge in [0.05, 0.1) is 0 Å². The number of amides is 1. The van der Waals surface area contributed by atoms with Crippen molar-refractivity contribution in [2.45, 2.75) is 84.0 Å². The van der Waals surface area contributed by atoms with Gasteiger partial charge < -0.3 is 10.4 Å². The number of aliphatic carboxylic acids is 1. The van der Waals surface area contributed by atoms with Crippen LogP contribution in [0.1, 0.15) is 84.0 Å². The molecule has 2 N–H and O–H groups in total. The summed E-state index contributed by atoms with van der Waals surface area (Å²) >= 11 is 0. The summed E-state index contributed by atoms with van der Waals surface area (Å²) in [6.45, 7) is 2.70. The van der Waals surface area contributed by atoms with E-state index in [0.29, 0.717) is 19.4 Å². The Morgan fingerprint density at radius 2 is 1.33 bits per heavy atom. The van der Waals surface area contributed by atoms with Crippen molar-refractivity contribution in [3.63, 3.8) is 0 Å². The van der Waals surface area contributed by atoms with Gasteiger partial charge in [0, 0.05) is 19.4 Å². The molecule has 0 aliphatic rings. The number of hydrogen-bond donors (Lipinski definition) is 2. The van der Waals surface area contributed by atoms with E-state index in [1.54, 1.807) is 0 Å². The van der Waals surface area contributed by atoms with Gasteiger partial charge in [0.25, 0.3) is 0 Å². The summed E-state index contributed by atoms with van der Waals surface area (Å²) in [4.78, 5) is 21.7. The predicted octanol–water partition coefficient (Wildman–Crippen LogP) is 3.24. The topological polar surface area (TPSA) is 66.4 Å². The van der Waals surface area contributed by atoms with E-state index >= 15 is 0 Å². The molecule has 0 atom stereocenters. The zero-order chi connectivity index (χ0) is 15.1. The fourth-order valence-electron chi connectivity index (χ4n) is 2.15. The summed E-state index contributed by atoms with van der Waals surface area (Å²) in [6.07, 6.45) is 12.4. The molecule has 0 saturated carbocycles. The first-order chi connectivity index (χ1) is 9.66. The Labute approximate surface area is 151 Å². The quantitative estimate of drug-likeness (QED) is 0.382. The maximum atomic E-state index is 11.4. The fraction of sp³-hybridized carbons (Fsp3) is 0.875. The van der Waals surface area contributed by atoms with Crippen LogP contribution in [0.15, 0.2) is 0 Å². The van der Waals surface area contributed by atoms with Gasteiger partial charge >= 0.3 is 35.5 Å². The molecule has 0 bridgehead atoms. The Morgan fingerprint density at radius 1 is 0.810 bits per heavy atom. The van der Waals surface area contributed by atoms with Gasteiger partial charge in [0.2, 0.25) is 5.91 Å². The van der Waals surface area contributed by atoms with Crippen LogP contribution in [0.3, 0.4) is 0 Å². The molecule has 0 rings (SSSR count). The average molecular weight is 309 g/mol. The number of nitrogens with one attached hydrogen (secondary N) is 1. The zero-order valence-corrected chi connectivity index (χ0v) is 13.0. The Bertz CT molecular complexity index is 260. The van der Waals surface area contributed by atoms with Crippen LogP contribution in [0.4, 0.5) is 0 Å². The summed E-state index contributed by atoms with van der Waals surface area (Å²) < 4.78 is 0. The van der Waals surface area contributed by atoms with Crippen molar-refractivity contribution in [1.82, 2.24) is 5.32 Å². The molecule has 0 aliphatic carbocycles. The first-order valence-electron chi connectivity index (χ1n) is 8.15. The average Bonchev–Trinajstić information content (AvgIpc) is 2.41. The molecule has 0 heterocycles. The third kappa shape index (κ3) is 19.9. The number of carboxylic acids is 1. The Balaban J connectivity index is 0. The number of carboxylic acid groups (broad SMARTS) is 1. The van der Waals surface area contributed by atoms with Crippen LogP contribution in [0, 0.1) is 0 Å². The van der Waals surface area contributed by atoms with Crippen molar-refractivity contribution in [3.05, 3.63) is 0 Å². The van der Waals surface area contributed by atoms with Gasteiger partial charge in [-0.2, -0.15) is 0 Å². The van der Waals surface area contributed by atoms with E-state index in [0.717, 1.165) is 12.8 Å². The van der Waals surface area contributed by atoms with E-state index in [4.69, 9.17) is 5.11 Å². The van der Waals surface area contributed by atoms with Crippen molar-refractivity contribution in [2.75, 3.05) is 6.54 Å². The molecule has 0 spiro atoms. The molecule has 0 aromatic rings. The second kappa shape index (κ2) is 18.0. The summed E-state index contributed by atoms with van der Waals surface area (Å²) in [5.41, 5.74) is 0. The van der Waals surface area contributed by atoms with Gasteiger partial charge in [-0.1, -0.05) is 58.3 Å². The maximum absolute atomic E-state index is 11.4. The fourth-order valence-corrected chi connectivity index (χ4v) is 2.15. The van der Waals surface area contributed by atoms with E-state index in [1.165, 1.54) is 44.9 Å². The number of unbranched alkanes of at least 4 members (excludes halogenated alkanes) is 8. The van der Waals surface area contributed by atoms with Crippen molar-refractivity contribution >= 4 is 41.4 Å². The molecular weight excluding hydrogens is 277 g/mol. The van der Waals surface area contributed by atoms with Gasteiger partial charge in [-0.05, 0) is 12.8 Å². The second-order valence-electron chi connectivity index (χ2n) is 5.43. The Hall–Kier alpha value is -0.0600. The summed E-state index contributed by atoms with van der Waals surface area (Å²) in [7, 11) is 0. The van der Waals surface area contributed by atoms with E-state index in [-0.39, 0.29) is 41.9 Å². The summed E-state index contributed by atoms with van der Waals surface area (Å²) in [6, 6.07) is 0. The molecule has 0 saturated heterocycles. The molecule has 0 unspecified atom stereocenters. The van der Waals surface area contributed by atoms with E-state index < -0.39 is 5.97 Å². The molecule has 0 aliphatic heterocycles. The third-order valence-electron chi connectivity index (χ3n) is 3.40. The second-order valence-corrected chi connectivity index (χ2v) is 5.43. The SMILES string of the molecule is CCCCCCCCCCCC(=O)NCCCC(=O)O.[NaH]. The van der Waals surface area contributed by atoms with Gasteiger partial charge in [0.15, 0.2) is 0 Å². The minimum absolute atomic E-state index is 0. The Kier molecular flexibility index (Phi) is 19.9. The summed E-state index contributed by atoms with van der Waals surface area (Å²) in [5.74, 6) is -0.753. The van der Waals surface area contributed by atoms with Crippen LogP contribution in [-0.2, 0) is 9.59 Å². The summed E-state index contributed by atoms with van der Waals surface area (Å²) in [5, 5.41) is 11.2. The zero-order valence-electron chi connectivity index (χ0n) is 13.0. The molecular formula is C16H32NNaO3. The third-order valence-corrected chi connectivity index (χ3v) is 3.40. The van der Waals surface area contributed by atoms with Crippen LogP contribution >= 0.6 is 0 Å². The van der Waals surface area contributed by atoms with Crippen LogP contribution < -0.4 is 5.32 Å². The molecule has 0 radical (unpaired) electrons. The predicted molar refractivity (Wildman–Crippen MR) is 88.9 cm³/mol. The van der Waals surface area contributed by atoms with E-state index in [1.807, 2.05) is 0 Å². The normalized spacial score (nSPS) is 9.95. The minimum atomic E-state index is -0.807. The van der Waals surface area contributed by atoms with E-state index in [2.05, 4.69) is 12.2 Å². The molecule has 120 valence electrons. The molecule has 0 fully saturated rings. The van der Waals surface area contributed by atoms with Crippen LogP contribution in [0.2, 0.25) is 0 Å². The molecule has 21 heavy (non-hydrogen) atoms. The van der Waals surface area contributed by atoms with Crippen molar-refractivity contribution in [2.24, 2.45) is 0 Å². The molecule has 1 amide bonds. The van der Waals surface area contributed by atoms with Gasteiger partial charge in [-0.3, -0.25) is 9.59 Å². The van der Waals surface area contributed by atoms with E-state index in [9.17, 15) is 9.59 Å². The standard InChI is InChI=1S/C16H31NO3.Na.H/c1-2-3-4-5-6-7-8-9-10-12-15(18)17-14-11-13-16(19)20;;/h2-14H2,1H3,(H,17,18)(H,19,20);;. The van der Waals surface area contributed by atoms with Crippen LogP contribution in [0.5, 0.6) is 0 Å². The van der Waals surface area contributed by atoms with Crippen LogP contribution in [0.25, 0.3) is 0 Å². The first-order valence-corrected chi connectivity index (χ1v) is 8.15. The van der Waals surface area contributed by atoms with Gasteiger partial charge in [-0.25, -0.2) is 0 Å². The molecule has 0 aromatic carbocycles. The van der Waals surface area contributed by atoms with Crippen molar-refractivity contribution in [1.29, 1.82) is 0 Å². The van der Waals surface area contributed by atoms with Gasteiger partial charge in [-0.15, -0.1) is 0 Å². The molecule has 0 aromatic heterocycles. The number of carbonyl (C=O) groups excluding carboxylic acids is 1. The Morgan fingerprint density at radius 3 is 1.86 bits per heavy atom. The van der Waals surface area contributed by atoms with Crippen molar-refractivity contribution in [3.8, 4) is 0 Å². The van der Waals surface area contributed by atoms with Crippen molar-refractivity contribution < 1.29 is 14.7 Å². The monoisotopic (exact) mass is 309 g/mol. The molecule has 5 heteroatoms. The molecule has 4 nitrogen and oxygen atoms in total. The number of carbonyl (C=O) groups is 2. The first kappa shape index (κ1) is 23.2. The van der Waals surface area contributed by atoms with Crippen LogP contribution in [-0.4, -0.2) is 53.1 Å². The number of hydrogen-bond acceptors (Lipinski definition) is 2.